The molecule has 4 rings (SSSR count). The van der Waals surface area contributed by atoms with Crippen LogP contribution in [-0.2, 0) is 6.54 Å². The number of halogens is 1. The molecule has 0 radical (unpaired) electrons. The van der Waals surface area contributed by atoms with E-state index in [1.165, 1.54) is 6.33 Å². The molecule has 0 aliphatic heterocycles. The summed E-state index contributed by atoms with van der Waals surface area (Å²) in [5.41, 5.74) is 2.81. The van der Waals surface area contributed by atoms with E-state index in [4.69, 9.17) is 11.6 Å². The van der Waals surface area contributed by atoms with Gasteiger partial charge in [-0.05, 0) is 42.0 Å². The summed E-state index contributed by atoms with van der Waals surface area (Å²) in [5, 5.41) is 11.5. The van der Waals surface area contributed by atoms with Crippen LogP contribution < -0.4 is 5.32 Å². The van der Waals surface area contributed by atoms with E-state index in [2.05, 4.69) is 20.5 Å². The Morgan fingerprint density at radius 3 is 2.81 bits per heavy atom. The molecule has 1 amide bonds. The van der Waals surface area contributed by atoms with Gasteiger partial charge in [-0.15, -0.1) is 0 Å². The Balaban J connectivity index is 1.55. The Morgan fingerprint density at radius 1 is 1.11 bits per heavy atom. The third-order valence-corrected chi connectivity index (χ3v) is 4.29. The van der Waals surface area contributed by atoms with Crippen LogP contribution in [0.15, 0.2) is 73.6 Å². The van der Waals surface area contributed by atoms with E-state index in [0.29, 0.717) is 22.8 Å². The van der Waals surface area contributed by atoms with Crippen LogP contribution in [0.1, 0.15) is 15.9 Å². The third-order valence-electron chi connectivity index (χ3n) is 3.96. The van der Waals surface area contributed by atoms with Gasteiger partial charge in [-0.1, -0.05) is 23.7 Å². The minimum absolute atomic E-state index is 0.285. The summed E-state index contributed by atoms with van der Waals surface area (Å²) in [7, 11) is 0. The number of carbonyl (C=O) groups is 1. The largest absolute Gasteiger partial charge is 0.322 e. The quantitative estimate of drug-likeness (QED) is 0.577. The Hall–Kier alpha value is -3.45. The van der Waals surface area contributed by atoms with Crippen LogP contribution in [0.2, 0.25) is 5.02 Å². The highest BCUT2D eigenvalue weighted by Gasteiger charge is 2.13. The van der Waals surface area contributed by atoms with E-state index in [-0.39, 0.29) is 5.91 Å². The summed E-state index contributed by atoms with van der Waals surface area (Å²) in [6.45, 7) is 0.569. The first-order chi connectivity index (χ1) is 13.2. The number of benzene rings is 2. The molecule has 0 aliphatic carbocycles. The van der Waals surface area contributed by atoms with Crippen molar-refractivity contribution < 1.29 is 4.79 Å². The van der Waals surface area contributed by atoms with Crippen molar-refractivity contribution in [1.29, 1.82) is 0 Å². The van der Waals surface area contributed by atoms with Gasteiger partial charge in [0.1, 0.15) is 12.7 Å². The Morgan fingerprint density at radius 2 is 2.04 bits per heavy atom. The maximum Gasteiger partial charge on any atom is 0.257 e. The molecule has 134 valence electrons. The molecule has 2 heterocycles. The lowest BCUT2D eigenvalue weighted by Gasteiger charge is -2.10. The fourth-order valence-electron chi connectivity index (χ4n) is 2.70. The molecule has 0 fully saturated rings. The second kappa shape index (κ2) is 7.43. The summed E-state index contributed by atoms with van der Waals surface area (Å²) in [6.07, 6.45) is 6.61. The van der Waals surface area contributed by atoms with Crippen LogP contribution in [0, 0.1) is 0 Å². The molecule has 7 nitrogen and oxygen atoms in total. The second-order valence-electron chi connectivity index (χ2n) is 5.86. The van der Waals surface area contributed by atoms with E-state index in [9.17, 15) is 4.79 Å². The van der Waals surface area contributed by atoms with Gasteiger partial charge >= 0.3 is 0 Å². The molecule has 0 atom stereocenters. The molecule has 2 aromatic heterocycles. The van der Waals surface area contributed by atoms with E-state index >= 15 is 0 Å². The first-order valence-corrected chi connectivity index (χ1v) is 8.59. The zero-order chi connectivity index (χ0) is 18.6. The minimum atomic E-state index is -0.285. The highest BCUT2D eigenvalue weighted by Crippen LogP contribution is 2.21. The predicted molar refractivity (Wildman–Crippen MR) is 102 cm³/mol. The fraction of sp³-hybridized carbons (Fsp3) is 0.0526. The van der Waals surface area contributed by atoms with Gasteiger partial charge in [0.05, 0.1) is 22.8 Å². The highest BCUT2D eigenvalue weighted by atomic mass is 35.5. The third kappa shape index (κ3) is 3.88. The number of amides is 1. The Kier molecular flexibility index (Phi) is 4.67. The highest BCUT2D eigenvalue weighted by molar-refractivity contribution is 6.34. The van der Waals surface area contributed by atoms with Gasteiger partial charge in [-0.25, -0.2) is 14.3 Å². The Bertz CT molecular complexity index is 1060. The van der Waals surface area contributed by atoms with Crippen LogP contribution in [0.4, 0.5) is 5.69 Å². The van der Waals surface area contributed by atoms with Crippen LogP contribution in [0.5, 0.6) is 0 Å². The molecule has 2 aromatic carbocycles. The van der Waals surface area contributed by atoms with Crippen molar-refractivity contribution in [1.82, 2.24) is 24.5 Å². The lowest BCUT2D eigenvalue weighted by molar-refractivity contribution is 0.102. The average molecular weight is 379 g/mol. The molecule has 0 aliphatic rings. The fourth-order valence-corrected chi connectivity index (χ4v) is 2.90. The maximum absolute atomic E-state index is 12.7. The zero-order valence-electron chi connectivity index (χ0n) is 14.2. The average Bonchev–Trinajstić information content (AvgIpc) is 3.36. The summed E-state index contributed by atoms with van der Waals surface area (Å²) in [5.74, 6) is -0.285. The number of aromatic nitrogens is 5. The van der Waals surface area contributed by atoms with Crippen molar-refractivity contribution in [2.45, 2.75) is 6.54 Å². The monoisotopic (exact) mass is 378 g/mol. The molecule has 1 N–H and O–H groups in total. The number of nitrogens with zero attached hydrogens (tertiary/aromatic N) is 5. The number of carbonyl (C=O) groups excluding carboxylic acids is 1. The van der Waals surface area contributed by atoms with Gasteiger partial charge in [-0.2, -0.15) is 10.2 Å². The van der Waals surface area contributed by atoms with Crippen molar-refractivity contribution >= 4 is 23.2 Å². The SMILES string of the molecule is O=C(Nc1cccc(Cn2cncn2)c1)c1cc(-n2cccn2)ccc1Cl. The van der Waals surface area contributed by atoms with Crippen molar-refractivity contribution in [3.05, 3.63) is 89.7 Å². The van der Waals surface area contributed by atoms with Gasteiger partial charge in [-0.3, -0.25) is 4.79 Å². The summed E-state index contributed by atoms with van der Waals surface area (Å²) in [4.78, 5) is 16.7. The first-order valence-electron chi connectivity index (χ1n) is 8.21. The minimum Gasteiger partial charge on any atom is -0.322 e. The molecule has 4 aromatic rings. The molecule has 0 saturated heterocycles. The number of anilines is 1. The molecule has 0 saturated carbocycles. The molecular formula is C19H15ClN6O. The smallest absolute Gasteiger partial charge is 0.257 e. The lowest BCUT2D eigenvalue weighted by atomic mass is 10.1. The molecule has 0 unspecified atom stereocenters. The molecule has 27 heavy (non-hydrogen) atoms. The summed E-state index contributed by atoms with van der Waals surface area (Å²) in [6, 6.07) is 14.6. The molecule has 8 heteroatoms. The van der Waals surface area contributed by atoms with E-state index < -0.39 is 0 Å². The molecule has 0 bridgehead atoms. The van der Waals surface area contributed by atoms with E-state index in [1.807, 2.05) is 36.4 Å². The van der Waals surface area contributed by atoms with Crippen molar-refractivity contribution in [2.24, 2.45) is 0 Å². The standard InChI is InChI=1S/C19H15ClN6O/c20-18-6-5-16(26-8-2-7-22-26)10-17(18)19(27)24-15-4-1-3-14(9-15)11-25-13-21-12-23-25/h1-10,12-13H,11H2,(H,24,27). The molecule has 0 spiro atoms. The number of hydrogen-bond donors (Lipinski definition) is 1. The topological polar surface area (TPSA) is 77.6 Å². The number of hydrogen-bond acceptors (Lipinski definition) is 4. The van der Waals surface area contributed by atoms with Crippen LogP contribution >= 0.6 is 11.6 Å². The van der Waals surface area contributed by atoms with Crippen molar-refractivity contribution in [3.8, 4) is 5.69 Å². The maximum atomic E-state index is 12.7. The van der Waals surface area contributed by atoms with E-state index in [1.54, 1.807) is 40.2 Å². The summed E-state index contributed by atoms with van der Waals surface area (Å²) >= 11 is 6.24. The zero-order valence-corrected chi connectivity index (χ0v) is 14.9. The van der Waals surface area contributed by atoms with Gasteiger partial charge in [0, 0.05) is 18.1 Å². The van der Waals surface area contributed by atoms with E-state index in [0.717, 1.165) is 11.3 Å². The van der Waals surface area contributed by atoms with Gasteiger partial charge in [0.2, 0.25) is 0 Å². The normalized spacial score (nSPS) is 10.7. The Labute approximate surface area is 160 Å². The van der Waals surface area contributed by atoms with Crippen LogP contribution in [-0.4, -0.2) is 30.5 Å². The summed E-state index contributed by atoms with van der Waals surface area (Å²) < 4.78 is 3.39. The van der Waals surface area contributed by atoms with Crippen LogP contribution in [0.25, 0.3) is 5.69 Å². The van der Waals surface area contributed by atoms with Crippen LogP contribution in [0.3, 0.4) is 0 Å². The second-order valence-corrected chi connectivity index (χ2v) is 6.27. The number of rotatable bonds is 5. The van der Waals surface area contributed by atoms with Gasteiger partial charge in [0.15, 0.2) is 0 Å². The predicted octanol–water partition coefficient (Wildman–Crippen LogP) is 3.42. The lowest BCUT2D eigenvalue weighted by Crippen LogP contribution is -2.13. The van der Waals surface area contributed by atoms with Gasteiger partial charge < -0.3 is 5.32 Å². The first kappa shape index (κ1) is 17.0. The van der Waals surface area contributed by atoms with Crippen molar-refractivity contribution in [2.75, 3.05) is 5.32 Å². The molecular weight excluding hydrogens is 364 g/mol. The van der Waals surface area contributed by atoms with Crippen molar-refractivity contribution in [3.63, 3.8) is 0 Å². The number of nitrogens with one attached hydrogen (secondary N) is 1. The van der Waals surface area contributed by atoms with Gasteiger partial charge in [0.25, 0.3) is 5.91 Å².